The smallest absolute Gasteiger partial charge is 0.346 e. The second kappa shape index (κ2) is 5.49. The fourth-order valence-electron chi connectivity index (χ4n) is 1.30. The average molecular weight is 331 g/mol. The summed E-state index contributed by atoms with van der Waals surface area (Å²) >= 11 is 4.19. The van der Waals surface area contributed by atoms with Gasteiger partial charge in [0.1, 0.15) is 23.1 Å². The van der Waals surface area contributed by atoms with E-state index >= 15 is 0 Å². The number of carbonyl (C=O) groups is 1. The molecule has 94 valence electrons. The summed E-state index contributed by atoms with van der Waals surface area (Å²) in [6, 6.07) is 6.05. The van der Waals surface area contributed by atoms with Gasteiger partial charge in [-0.3, -0.25) is 0 Å². The van der Waals surface area contributed by atoms with Crippen molar-refractivity contribution in [3.05, 3.63) is 50.4 Å². The Balaban J connectivity index is 2.02. The topological polar surface area (TPSA) is 46.5 Å². The Labute approximate surface area is 115 Å². The molecule has 18 heavy (non-hydrogen) atoms. The van der Waals surface area contributed by atoms with Crippen molar-refractivity contribution in [2.45, 2.75) is 6.61 Å². The van der Waals surface area contributed by atoms with Gasteiger partial charge in [0.2, 0.25) is 0 Å². The van der Waals surface area contributed by atoms with Gasteiger partial charge in [-0.25, -0.2) is 9.18 Å². The first-order valence-electron chi connectivity index (χ1n) is 4.95. The third kappa shape index (κ3) is 3.08. The van der Waals surface area contributed by atoms with Gasteiger partial charge in [0.05, 0.1) is 4.47 Å². The monoisotopic (exact) mass is 330 g/mol. The average Bonchev–Trinajstić information content (AvgIpc) is 2.79. The number of thiophene rings is 1. The van der Waals surface area contributed by atoms with Crippen molar-refractivity contribution in [2.75, 3.05) is 0 Å². The summed E-state index contributed by atoms with van der Waals surface area (Å²) < 4.78 is 18.8. The van der Waals surface area contributed by atoms with Crippen LogP contribution < -0.4 is 4.74 Å². The van der Waals surface area contributed by atoms with Crippen molar-refractivity contribution in [2.24, 2.45) is 0 Å². The lowest BCUT2D eigenvalue weighted by atomic mass is 10.2. The molecule has 0 unspecified atom stereocenters. The van der Waals surface area contributed by atoms with Crippen LogP contribution in [0.5, 0.6) is 5.75 Å². The number of rotatable bonds is 4. The molecule has 0 saturated carbocycles. The van der Waals surface area contributed by atoms with Gasteiger partial charge in [0.25, 0.3) is 0 Å². The van der Waals surface area contributed by atoms with E-state index in [4.69, 9.17) is 9.84 Å². The molecule has 3 nitrogen and oxygen atoms in total. The third-order valence-electron chi connectivity index (χ3n) is 2.18. The van der Waals surface area contributed by atoms with Crippen molar-refractivity contribution in [1.29, 1.82) is 0 Å². The summed E-state index contributed by atoms with van der Waals surface area (Å²) in [5, 5.41) is 10.4. The molecule has 0 bridgehead atoms. The zero-order valence-corrected chi connectivity index (χ0v) is 11.4. The molecular weight excluding hydrogens is 323 g/mol. The summed E-state index contributed by atoms with van der Waals surface area (Å²) in [5.74, 6) is -0.806. The molecule has 0 amide bonds. The van der Waals surface area contributed by atoms with E-state index in [0.29, 0.717) is 10.2 Å². The number of carboxylic acids is 1. The zero-order valence-electron chi connectivity index (χ0n) is 9.02. The van der Waals surface area contributed by atoms with Crippen LogP contribution in [0.4, 0.5) is 4.39 Å². The summed E-state index contributed by atoms with van der Waals surface area (Å²) in [6.45, 7) is 0.259. The van der Waals surface area contributed by atoms with E-state index in [1.54, 1.807) is 17.5 Å². The van der Waals surface area contributed by atoms with Gasteiger partial charge in [-0.1, -0.05) is 6.07 Å². The maximum absolute atomic E-state index is 13.0. The molecule has 1 aromatic carbocycles. The van der Waals surface area contributed by atoms with Gasteiger partial charge in [0, 0.05) is 11.4 Å². The Hall–Kier alpha value is -1.40. The first-order valence-corrected chi connectivity index (χ1v) is 6.62. The van der Waals surface area contributed by atoms with Gasteiger partial charge in [-0.05, 0) is 33.6 Å². The highest BCUT2D eigenvalue weighted by molar-refractivity contribution is 9.10. The number of benzene rings is 1. The molecular formula is C12H8BrFO3S. The molecule has 0 radical (unpaired) electrons. The highest BCUT2D eigenvalue weighted by atomic mass is 79.9. The molecule has 2 rings (SSSR count). The van der Waals surface area contributed by atoms with E-state index in [0.717, 1.165) is 16.9 Å². The summed E-state index contributed by atoms with van der Waals surface area (Å²) in [4.78, 5) is 10.9. The normalized spacial score (nSPS) is 10.3. The number of halogens is 2. The van der Waals surface area contributed by atoms with Gasteiger partial charge in [-0.15, -0.1) is 11.3 Å². The molecule has 0 saturated heterocycles. The predicted molar refractivity (Wildman–Crippen MR) is 69.7 cm³/mol. The minimum atomic E-state index is -0.973. The molecule has 2 aromatic rings. The molecule has 1 N–H and O–H groups in total. The second-order valence-electron chi connectivity index (χ2n) is 3.49. The highest BCUT2D eigenvalue weighted by Gasteiger charge is 2.08. The minimum Gasteiger partial charge on any atom is -0.488 e. The number of ether oxygens (including phenoxy) is 1. The van der Waals surface area contributed by atoms with Crippen molar-refractivity contribution in [1.82, 2.24) is 0 Å². The van der Waals surface area contributed by atoms with Gasteiger partial charge in [-0.2, -0.15) is 0 Å². The number of hydrogen-bond acceptors (Lipinski definition) is 3. The van der Waals surface area contributed by atoms with Gasteiger partial charge >= 0.3 is 5.97 Å². The molecule has 0 atom stereocenters. The molecule has 0 spiro atoms. The van der Waals surface area contributed by atoms with E-state index in [2.05, 4.69) is 15.9 Å². The molecule has 0 aliphatic rings. The number of carboxylic acid groups (broad SMARTS) is 1. The van der Waals surface area contributed by atoms with Crippen molar-refractivity contribution < 1.29 is 19.0 Å². The van der Waals surface area contributed by atoms with Crippen LogP contribution in [0.2, 0.25) is 0 Å². The van der Waals surface area contributed by atoms with Crippen LogP contribution in [0.3, 0.4) is 0 Å². The van der Waals surface area contributed by atoms with E-state index in [9.17, 15) is 9.18 Å². The molecule has 6 heteroatoms. The van der Waals surface area contributed by atoms with Crippen LogP contribution in [0.15, 0.2) is 34.1 Å². The zero-order chi connectivity index (χ0) is 13.1. The van der Waals surface area contributed by atoms with Crippen molar-refractivity contribution >= 4 is 33.2 Å². The Morgan fingerprint density at radius 2 is 2.22 bits per heavy atom. The van der Waals surface area contributed by atoms with Crippen LogP contribution >= 0.6 is 27.3 Å². The first-order chi connectivity index (χ1) is 8.56. The standard InChI is InChI=1S/C12H8BrFO3S/c13-9-3-7(1-2-10(9)14)5-17-8-4-11(12(15)16)18-6-8/h1-4,6H,5H2,(H,15,16). The van der Waals surface area contributed by atoms with Gasteiger partial charge in [0.15, 0.2) is 0 Å². The van der Waals surface area contributed by atoms with E-state index < -0.39 is 5.97 Å². The molecule has 0 aliphatic carbocycles. The molecule has 1 heterocycles. The summed E-state index contributed by atoms with van der Waals surface area (Å²) in [6.07, 6.45) is 0. The Bertz CT molecular complexity index is 582. The van der Waals surface area contributed by atoms with Crippen LogP contribution in [0, 0.1) is 5.82 Å². The summed E-state index contributed by atoms with van der Waals surface area (Å²) in [5.41, 5.74) is 0.798. The lowest BCUT2D eigenvalue weighted by Crippen LogP contribution is -1.95. The largest absolute Gasteiger partial charge is 0.488 e. The lowest BCUT2D eigenvalue weighted by molar-refractivity contribution is 0.0702. The SMILES string of the molecule is O=C(O)c1cc(OCc2ccc(F)c(Br)c2)cs1. The summed E-state index contributed by atoms with van der Waals surface area (Å²) in [7, 11) is 0. The quantitative estimate of drug-likeness (QED) is 0.923. The Morgan fingerprint density at radius 3 is 2.83 bits per heavy atom. The molecule has 1 aromatic heterocycles. The van der Waals surface area contributed by atoms with Gasteiger partial charge < -0.3 is 9.84 Å². The van der Waals surface area contributed by atoms with Crippen LogP contribution in [-0.2, 0) is 6.61 Å². The molecule has 0 aliphatic heterocycles. The third-order valence-corrected chi connectivity index (χ3v) is 3.68. The predicted octanol–water partition coefficient (Wildman–Crippen LogP) is 3.93. The Kier molecular flexibility index (Phi) is 3.98. The fourth-order valence-corrected chi connectivity index (χ4v) is 2.39. The van der Waals surface area contributed by atoms with E-state index in [1.165, 1.54) is 12.1 Å². The first kappa shape index (κ1) is 13.0. The highest BCUT2D eigenvalue weighted by Crippen LogP contribution is 2.23. The lowest BCUT2D eigenvalue weighted by Gasteiger charge is -2.04. The maximum atomic E-state index is 13.0. The van der Waals surface area contributed by atoms with Crippen LogP contribution in [0.1, 0.15) is 15.2 Å². The number of aromatic carboxylic acids is 1. The van der Waals surface area contributed by atoms with Crippen LogP contribution in [-0.4, -0.2) is 11.1 Å². The van der Waals surface area contributed by atoms with E-state index in [-0.39, 0.29) is 17.3 Å². The number of hydrogen-bond donors (Lipinski definition) is 1. The van der Waals surface area contributed by atoms with Crippen molar-refractivity contribution in [3.63, 3.8) is 0 Å². The Morgan fingerprint density at radius 1 is 1.44 bits per heavy atom. The second-order valence-corrected chi connectivity index (χ2v) is 5.25. The minimum absolute atomic E-state index is 0.227. The van der Waals surface area contributed by atoms with Crippen molar-refractivity contribution in [3.8, 4) is 5.75 Å². The molecule has 0 fully saturated rings. The van der Waals surface area contributed by atoms with Crippen LogP contribution in [0.25, 0.3) is 0 Å². The fraction of sp³-hybridized carbons (Fsp3) is 0.0833. The van der Waals surface area contributed by atoms with E-state index in [1.807, 2.05) is 0 Å². The maximum Gasteiger partial charge on any atom is 0.346 e.